The fourth-order valence-corrected chi connectivity index (χ4v) is 4.53. The highest BCUT2D eigenvalue weighted by Crippen LogP contribution is 2.32. The Morgan fingerprint density at radius 3 is 2.82 bits per heavy atom. The summed E-state index contributed by atoms with van der Waals surface area (Å²) in [5.74, 6) is 1.57. The van der Waals surface area contributed by atoms with Crippen LogP contribution in [0.2, 0.25) is 5.02 Å². The van der Waals surface area contributed by atoms with Crippen molar-refractivity contribution in [3.8, 4) is 0 Å². The highest BCUT2D eigenvalue weighted by Gasteiger charge is 2.17. The summed E-state index contributed by atoms with van der Waals surface area (Å²) in [4.78, 5) is 27.4. The molecule has 0 aliphatic carbocycles. The molecule has 0 amide bonds. The normalized spacial score (nSPS) is 11.6. The Morgan fingerprint density at radius 1 is 1.24 bits per heavy atom. The summed E-state index contributed by atoms with van der Waals surface area (Å²) in [7, 11) is 1.95. The number of carbonyl (C=O) groups is 1. The van der Waals surface area contributed by atoms with E-state index in [1.807, 2.05) is 47.5 Å². The number of aryl methyl sites for hydroxylation is 1. The molecule has 0 aliphatic heterocycles. The third-order valence-corrected chi connectivity index (χ3v) is 6.23. The number of para-hydroxylation sites is 1. The van der Waals surface area contributed by atoms with Crippen LogP contribution >= 0.6 is 22.9 Å². The number of imidazole rings is 1. The van der Waals surface area contributed by atoms with Crippen molar-refractivity contribution >= 4 is 62.2 Å². The highest BCUT2D eigenvalue weighted by atomic mass is 35.5. The van der Waals surface area contributed by atoms with E-state index in [1.165, 1.54) is 0 Å². The molecule has 0 spiro atoms. The number of rotatable bonds is 6. The van der Waals surface area contributed by atoms with Gasteiger partial charge in [-0.2, -0.15) is 0 Å². The molecule has 174 valence electrons. The number of thiophene rings is 1. The van der Waals surface area contributed by atoms with E-state index in [-0.39, 0.29) is 12.5 Å². The number of anilines is 2. The van der Waals surface area contributed by atoms with Gasteiger partial charge in [0, 0.05) is 24.2 Å². The van der Waals surface area contributed by atoms with E-state index in [2.05, 4.69) is 38.6 Å². The first-order chi connectivity index (χ1) is 16.5. The summed E-state index contributed by atoms with van der Waals surface area (Å²) in [5.41, 5.74) is 2.73. The van der Waals surface area contributed by atoms with E-state index < -0.39 is 0 Å². The third kappa shape index (κ3) is 5.08. The molecule has 0 fully saturated rings. The number of fused-ring (bicyclic) bond motifs is 2. The summed E-state index contributed by atoms with van der Waals surface area (Å²) in [6.45, 7) is 2.41. The first-order valence-electron chi connectivity index (χ1n) is 10.3. The van der Waals surface area contributed by atoms with Gasteiger partial charge in [-0.1, -0.05) is 23.7 Å². The lowest BCUT2D eigenvalue weighted by molar-refractivity contribution is -0.122. The number of aromatic nitrogens is 5. The van der Waals surface area contributed by atoms with Gasteiger partial charge < -0.3 is 20.3 Å². The van der Waals surface area contributed by atoms with Gasteiger partial charge in [-0.15, -0.1) is 11.3 Å². The van der Waals surface area contributed by atoms with E-state index >= 15 is 0 Å². The molecule has 0 bridgehead atoms. The first-order valence-corrected chi connectivity index (χ1v) is 11.6. The second-order valence-corrected chi connectivity index (χ2v) is 8.76. The maximum absolute atomic E-state index is 8.36. The van der Waals surface area contributed by atoms with Crippen LogP contribution in [0.3, 0.4) is 0 Å². The Balaban J connectivity index is 0.000000868. The second kappa shape index (κ2) is 10.4. The average molecular weight is 496 g/mol. The smallest absolute Gasteiger partial charge is 0.290 e. The van der Waals surface area contributed by atoms with Gasteiger partial charge in [0.25, 0.3) is 6.47 Å². The minimum absolute atomic E-state index is 0.0554. The van der Waals surface area contributed by atoms with Gasteiger partial charge in [0.05, 0.1) is 40.5 Å². The Kier molecular flexibility index (Phi) is 7.19. The molecule has 1 aromatic carbocycles. The summed E-state index contributed by atoms with van der Waals surface area (Å²) >= 11 is 8.03. The minimum atomic E-state index is -0.250. The van der Waals surface area contributed by atoms with Gasteiger partial charge in [-0.05, 0) is 30.5 Å². The third-order valence-electron chi connectivity index (χ3n) is 5.10. The van der Waals surface area contributed by atoms with Crippen LogP contribution < -0.4 is 10.6 Å². The molecule has 9 nitrogen and oxygen atoms in total. The molecule has 0 radical (unpaired) electrons. The van der Waals surface area contributed by atoms with E-state index in [1.54, 1.807) is 24.0 Å². The number of carboxylic acid groups (broad SMARTS) is 1. The van der Waals surface area contributed by atoms with Crippen molar-refractivity contribution < 1.29 is 9.90 Å². The second-order valence-electron chi connectivity index (χ2n) is 7.45. The van der Waals surface area contributed by atoms with Crippen LogP contribution in [-0.2, 0) is 18.4 Å². The average Bonchev–Trinajstić information content (AvgIpc) is 3.47. The zero-order valence-electron chi connectivity index (χ0n) is 18.4. The summed E-state index contributed by atoms with van der Waals surface area (Å²) in [5, 5.41) is 18.5. The van der Waals surface area contributed by atoms with Crippen molar-refractivity contribution in [2.45, 2.75) is 19.5 Å². The molecule has 0 saturated carbocycles. The first kappa shape index (κ1) is 23.4. The van der Waals surface area contributed by atoms with Crippen molar-refractivity contribution in [2.75, 3.05) is 10.6 Å². The number of nitrogens with zero attached hydrogens (tertiary/aromatic N) is 5. The van der Waals surface area contributed by atoms with Crippen LogP contribution in [0.1, 0.15) is 24.2 Å². The van der Waals surface area contributed by atoms with Crippen LogP contribution in [0.25, 0.3) is 21.1 Å². The van der Waals surface area contributed by atoms with E-state index in [4.69, 9.17) is 26.5 Å². The van der Waals surface area contributed by atoms with Crippen LogP contribution in [0, 0.1) is 0 Å². The molecule has 0 aliphatic rings. The van der Waals surface area contributed by atoms with Crippen molar-refractivity contribution in [1.29, 1.82) is 0 Å². The molecular formula is C23H22ClN7O2S. The number of pyridine rings is 1. The molecule has 11 heteroatoms. The molecule has 3 N–H and O–H groups in total. The van der Waals surface area contributed by atoms with Gasteiger partial charge >= 0.3 is 0 Å². The molecule has 0 saturated heterocycles. The molecule has 0 unspecified atom stereocenters. The fraction of sp³-hybridized carbons (Fsp3) is 0.174. The van der Waals surface area contributed by atoms with Crippen LogP contribution in [-0.4, -0.2) is 36.1 Å². The summed E-state index contributed by atoms with van der Waals surface area (Å²) in [6.07, 6.45) is 5.36. The lowest BCUT2D eigenvalue weighted by Crippen LogP contribution is -2.13. The van der Waals surface area contributed by atoms with Crippen molar-refractivity contribution in [3.05, 3.63) is 70.8 Å². The van der Waals surface area contributed by atoms with E-state index in [0.717, 1.165) is 44.0 Å². The Morgan fingerprint density at radius 2 is 2.06 bits per heavy atom. The monoisotopic (exact) mass is 495 g/mol. The Bertz CT molecular complexity index is 1440. The minimum Gasteiger partial charge on any atom is -0.483 e. The summed E-state index contributed by atoms with van der Waals surface area (Å²) < 4.78 is 1.92. The predicted molar refractivity (Wildman–Crippen MR) is 135 cm³/mol. The number of nitrogens with one attached hydrogen (secondary N) is 2. The fourth-order valence-electron chi connectivity index (χ4n) is 3.57. The van der Waals surface area contributed by atoms with Gasteiger partial charge in [-0.3, -0.25) is 4.79 Å². The molecule has 4 heterocycles. The van der Waals surface area contributed by atoms with Gasteiger partial charge in [0.2, 0.25) is 0 Å². The van der Waals surface area contributed by atoms with Crippen molar-refractivity contribution in [3.63, 3.8) is 0 Å². The molecule has 4 aromatic heterocycles. The highest BCUT2D eigenvalue weighted by molar-refractivity contribution is 7.16. The number of halogens is 1. The predicted octanol–water partition coefficient (Wildman–Crippen LogP) is 5.11. The summed E-state index contributed by atoms with van der Waals surface area (Å²) in [6, 6.07) is 9.92. The molecule has 5 rings (SSSR count). The number of hydrogen-bond acceptors (Lipinski definition) is 8. The van der Waals surface area contributed by atoms with E-state index in [0.29, 0.717) is 11.6 Å². The quantitative estimate of drug-likeness (QED) is 0.278. The maximum Gasteiger partial charge on any atom is 0.290 e. The topological polar surface area (TPSA) is 118 Å². The molecule has 1 atom stereocenters. The van der Waals surface area contributed by atoms with Gasteiger partial charge in [0.1, 0.15) is 22.8 Å². The van der Waals surface area contributed by atoms with E-state index in [9.17, 15) is 0 Å². The molecular weight excluding hydrogens is 474 g/mol. The zero-order valence-corrected chi connectivity index (χ0v) is 20.0. The van der Waals surface area contributed by atoms with Crippen molar-refractivity contribution in [2.24, 2.45) is 7.05 Å². The van der Waals surface area contributed by atoms with Gasteiger partial charge in [0.15, 0.2) is 0 Å². The lowest BCUT2D eigenvalue weighted by Gasteiger charge is -2.20. The zero-order chi connectivity index (χ0) is 24.1. The number of hydrogen-bond donors (Lipinski definition) is 3. The van der Waals surface area contributed by atoms with Gasteiger partial charge in [-0.25, -0.2) is 19.9 Å². The largest absolute Gasteiger partial charge is 0.483 e. The van der Waals surface area contributed by atoms with Crippen LogP contribution in [0.5, 0.6) is 0 Å². The molecule has 5 aromatic rings. The lowest BCUT2D eigenvalue weighted by atomic mass is 10.1. The van der Waals surface area contributed by atoms with Crippen molar-refractivity contribution in [1.82, 2.24) is 24.5 Å². The SMILES string of the molecule is C[C@H](Nc1ncnc2sccc12)c1cc2cccc(Cl)c2nc1NCc1cn(C)cn1.O=CO. The van der Waals surface area contributed by atoms with Crippen LogP contribution in [0.15, 0.2) is 54.6 Å². The Labute approximate surface area is 204 Å². The molecule has 34 heavy (non-hydrogen) atoms. The van der Waals surface area contributed by atoms with Crippen LogP contribution in [0.4, 0.5) is 11.6 Å². The Hall–Kier alpha value is -3.76. The standard InChI is InChI=1S/C22H20ClN7S.CH2O2/c1-13(28-20-16-6-7-31-22(16)26-11-25-20)17-8-14-4-3-5-18(23)19(14)29-21(17)24-9-15-10-30(2)12-27-15;2-1-3/h3-8,10-13H,9H2,1-2H3,(H,24,29)(H,25,26,28);1H,(H,2,3)/t13-;/m0./s1. The number of benzene rings is 1. The maximum atomic E-state index is 8.36.